The summed E-state index contributed by atoms with van der Waals surface area (Å²) in [6.07, 6.45) is 3.22. The van der Waals surface area contributed by atoms with Gasteiger partial charge in [-0.1, -0.05) is 12.1 Å². The normalized spacial score (nSPS) is 17.8. The Labute approximate surface area is 210 Å². The van der Waals surface area contributed by atoms with Crippen LogP contribution in [0.5, 0.6) is 5.75 Å². The number of aliphatic imine (C=N–C) groups is 1. The number of ether oxygens (including phenoxy) is 1. The second kappa shape index (κ2) is 12.0. The Kier molecular flexibility index (Phi) is 9.10. The number of rotatable bonds is 7. The molecule has 4 rings (SSSR count). The molecule has 3 heterocycles. The van der Waals surface area contributed by atoms with Crippen LogP contribution in [0, 0.1) is 5.82 Å². The Morgan fingerprint density at radius 3 is 2.97 bits per heavy atom. The van der Waals surface area contributed by atoms with Gasteiger partial charge in [-0.3, -0.25) is 9.79 Å². The van der Waals surface area contributed by atoms with Gasteiger partial charge in [-0.05, 0) is 44.0 Å². The van der Waals surface area contributed by atoms with Crippen molar-refractivity contribution < 1.29 is 13.9 Å². The molecule has 10 heteroatoms. The third-order valence-electron chi connectivity index (χ3n) is 5.53. The van der Waals surface area contributed by atoms with Gasteiger partial charge < -0.3 is 25.2 Å². The number of carbonyl (C=O) groups is 1. The number of pyridine rings is 1. The summed E-state index contributed by atoms with van der Waals surface area (Å²) in [4.78, 5) is 24.9. The molecule has 1 fully saturated rings. The number of carbonyl (C=O) groups excluding carboxylic acids is 1. The smallest absolute Gasteiger partial charge is 0.265 e. The Morgan fingerprint density at radius 1 is 1.30 bits per heavy atom. The molecule has 2 aliphatic heterocycles. The number of anilines is 2. The molecule has 178 valence electrons. The summed E-state index contributed by atoms with van der Waals surface area (Å²) in [6, 6.07) is 10.8. The molecule has 2 aromatic rings. The molecule has 0 bridgehead atoms. The summed E-state index contributed by atoms with van der Waals surface area (Å²) in [5, 5.41) is 6.71. The first-order chi connectivity index (χ1) is 15.7. The molecule has 1 aromatic heterocycles. The van der Waals surface area contributed by atoms with Crippen molar-refractivity contribution in [3.63, 3.8) is 0 Å². The molecule has 1 unspecified atom stereocenters. The van der Waals surface area contributed by atoms with E-state index < -0.39 is 0 Å². The van der Waals surface area contributed by atoms with Crippen molar-refractivity contribution in [3.8, 4) is 5.75 Å². The van der Waals surface area contributed by atoms with Crippen molar-refractivity contribution in [2.24, 2.45) is 4.99 Å². The maximum atomic E-state index is 14.0. The van der Waals surface area contributed by atoms with E-state index in [4.69, 9.17) is 4.74 Å². The number of nitrogens with one attached hydrogen (secondary N) is 2. The first-order valence-corrected chi connectivity index (χ1v) is 11.1. The number of hydrogen-bond acceptors (Lipinski definition) is 5. The summed E-state index contributed by atoms with van der Waals surface area (Å²) >= 11 is 0. The van der Waals surface area contributed by atoms with Crippen LogP contribution in [0.3, 0.4) is 0 Å². The molecule has 1 amide bonds. The van der Waals surface area contributed by atoms with E-state index in [1.165, 1.54) is 6.07 Å². The highest BCUT2D eigenvalue weighted by molar-refractivity contribution is 14.0. The Balaban J connectivity index is 0.00000306. The van der Waals surface area contributed by atoms with Crippen molar-refractivity contribution in [1.29, 1.82) is 0 Å². The fourth-order valence-corrected chi connectivity index (χ4v) is 4.01. The zero-order chi connectivity index (χ0) is 22.3. The number of aromatic nitrogens is 1. The number of amides is 1. The molecule has 0 radical (unpaired) electrons. The first kappa shape index (κ1) is 25.0. The molecule has 2 N–H and O–H groups in total. The van der Waals surface area contributed by atoms with Gasteiger partial charge in [-0.25, -0.2) is 9.37 Å². The van der Waals surface area contributed by atoms with E-state index in [0.717, 1.165) is 43.3 Å². The first-order valence-electron chi connectivity index (χ1n) is 11.1. The number of hydrogen-bond donors (Lipinski definition) is 2. The average molecular weight is 568 g/mol. The highest BCUT2D eigenvalue weighted by atomic mass is 127. The molecule has 1 atom stereocenters. The Morgan fingerprint density at radius 2 is 2.15 bits per heavy atom. The summed E-state index contributed by atoms with van der Waals surface area (Å²) in [5.74, 6) is 1.53. The van der Waals surface area contributed by atoms with Gasteiger partial charge in [0.25, 0.3) is 5.91 Å². The number of fused-ring (bicyclic) bond motifs is 1. The highest BCUT2D eigenvalue weighted by Crippen LogP contribution is 2.31. The second-order valence-corrected chi connectivity index (χ2v) is 7.80. The maximum absolute atomic E-state index is 14.0. The van der Waals surface area contributed by atoms with Crippen LogP contribution < -0.4 is 25.2 Å². The fraction of sp³-hybridized carbons (Fsp3) is 0.435. The molecule has 0 saturated carbocycles. The lowest BCUT2D eigenvalue weighted by Crippen LogP contribution is -2.45. The molecule has 0 spiro atoms. The lowest BCUT2D eigenvalue weighted by molar-refractivity contribution is -0.121. The molecule has 2 aliphatic rings. The predicted octanol–water partition coefficient (Wildman–Crippen LogP) is 2.79. The molecular formula is C23H30FIN6O2. The van der Waals surface area contributed by atoms with Crippen LogP contribution in [0.1, 0.15) is 19.8 Å². The fourth-order valence-electron chi connectivity index (χ4n) is 4.01. The number of benzene rings is 1. The van der Waals surface area contributed by atoms with Gasteiger partial charge in [-0.15, -0.1) is 24.0 Å². The highest BCUT2D eigenvalue weighted by Gasteiger charge is 2.26. The SMILES string of the molecule is CCNC(=NCCCN1C(=O)COc2ccccc21)NC1CCN(c2ncccc2F)C1.I. The quantitative estimate of drug-likeness (QED) is 0.232. The lowest BCUT2D eigenvalue weighted by atomic mass is 10.2. The molecule has 1 aromatic carbocycles. The standard InChI is InChI=1S/C23H29FN6O2.HI/c1-2-25-23(28-17-10-14-29(15-17)22-18(24)7-5-11-26-22)27-12-6-13-30-19-8-3-4-9-20(19)32-16-21(30)31;/h3-5,7-9,11,17H,2,6,10,12-16H2,1H3,(H2,25,27,28);1H. The maximum Gasteiger partial charge on any atom is 0.265 e. The van der Waals surface area contributed by atoms with Gasteiger partial charge in [0.2, 0.25) is 0 Å². The van der Waals surface area contributed by atoms with Crippen LogP contribution in [0.15, 0.2) is 47.6 Å². The van der Waals surface area contributed by atoms with E-state index in [0.29, 0.717) is 25.5 Å². The van der Waals surface area contributed by atoms with Crippen LogP contribution in [0.2, 0.25) is 0 Å². The van der Waals surface area contributed by atoms with Gasteiger partial charge in [0.15, 0.2) is 24.2 Å². The largest absolute Gasteiger partial charge is 0.482 e. The lowest BCUT2D eigenvalue weighted by Gasteiger charge is -2.29. The zero-order valence-corrected chi connectivity index (χ0v) is 21.0. The van der Waals surface area contributed by atoms with Gasteiger partial charge >= 0.3 is 0 Å². The minimum absolute atomic E-state index is 0. The van der Waals surface area contributed by atoms with Gasteiger partial charge in [0, 0.05) is 45.0 Å². The molecular weight excluding hydrogens is 538 g/mol. The molecule has 1 saturated heterocycles. The van der Waals surface area contributed by atoms with Gasteiger partial charge in [-0.2, -0.15) is 0 Å². The van der Waals surface area contributed by atoms with Crippen molar-refractivity contribution in [2.45, 2.75) is 25.8 Å². The minimum atomic E-state index is -0.298. The van der Waals surface area contributed by atoms with Crippen LogP contribution >= 0.6 is 24.0 Å². The second-order valence-electron chi connectivity index (χ2n) is 7.80. The topological polar surface area (TPSA) is 82.1 Å². The number of guanidine groups is 1. The van der Waals surface area contributed by atoms with Crippen molar-refractivity contribution in [2.75, 3.05) is 49.1 Å². The van der Waals surface area contributed by atoms with Crippen LogP contribution in [-0.4, -0.2) is 62.2 Å². The molecule has 33 heavy (non-hydrogen) atoms. The van der Waals surface area contributed by atoms with E-state index in [2.05, 4.69) is 20.6 Å². The summed E-state index contributed by atoms with van der Waals surface area (Å²) in [5.41, 5.74) is 0.811. The number of halogens is 2. The van der Waals surface area contributed by atoms with E-state index in [9.17, 15) is 9.18 Å². The van der Waals surface area contributed by atoms with Crippen molar-refractivity contribution >= 4 is 47.3 Å². The zero-order valence-electron chi connectivity index (χ0n) is 18.7. The van der Waals surface area contributed by atoms with E-state index >= 15 is 0 Å². The minimum Gasteiger partial charge on any atom is -0.482 e. The number of para-hydroxylation sites is 2. The van der Waals surface area contributed by atoms with Crippen LogP contribution in [-0.2, 0) is 4.79 Å². The Bertz CT molecular complexity index is 975. The third-order valence-corrected chi connectivity index (χ3v) is 5.53. The Hall–Kier alpha value is -2.63. The van der Waals surface area contributed by atoms with E-state index in [1.807, 2.05) is 36.1 Å². The molecule has 8 nitrogen and oxygen atoms in total. The predicted molar refractivity (Wildman–Crippen MR) is 138 cm³/mol. The third kappa shape index (κ3) is 6.24. The summed E-state index contributed by atoms with van der Waals surface area (Å²) in [6.45, 7) is 5.39. The number of nitrogens with zero attached hydrogens (tertiary/aromatic N) is 4. The van der Waals surface area contributed by atoms with E-state index in [1.54, 1.807) is 17.2 Å². The summed E-state index contributed by atoms with van der Waals surface area (Å²) in [7, 11) is 0. The van der Waals surface area contributed by atoms with Crippen molar-refractivity contribution in [3.05, 3.63) is 48.4 Å². The van der Waals surface area contributed by atoms with Gasteiger partial charge in [0.05, 0.1) is 5.69 Å². The monoisotopic (exact) mass is 568 g/mol. The van der Waals surface area contributed by atoms with Crippen molar-refractivity contribution in [1.82, 2.24) is 15.6 Å². The van der Waals surface area contributed by atoms with Gasteiger partial charge in [0.1, 0.15) is 5.75 Å². The van der Waals surface area contributed by atoms with E-state index in [-0.39, 0.29) is 48.3 Å². The average Bonchev–Trinajstić information content (AvgIpc) is 3.26. The molecule has 0 aliphatic carbocycles. The van der Waals surface area contributed by atoms with Crippen LogP contribution in [0.25, 0.3) is 0 Å². The van der Waals surface area contributed by atoms with Crippen LogP contribution in [0.4, 0.5) is 15.9 Å². The summed E-state index contributed by atoms with van der Waals surface area (Å²) < 4.78 is 19.5.